The van der Waals surface area contributed by atoms with E-state index in [0.717, 1.165) is 40.2 Å². The Morgan fingerprint density at radius 1 is 1.23 bits per heavy atom. The molecule has 0 spiro atoms. The van der Waals surface area contributed by atoms with Crippen molar-refractivity contribution >= 4 is 39.7 Å². The van der Waals surface area contributed by atoms with Crippen LogP contribution in [-0.2, 0) is 10.2 Å². The van der Waals surface area contributed by atoms with E-state index in [9.17, 15) is 9.90 Å². The zero-order valence-electron chi connectivity index (χ0n) is 16.9. The molecule has 2 unspecified atom stereocenters. The van der Waals surface area contributed by atoms with Crippen LogP contribution in [0.15, 0.2) is 64.6 Å². The minimum absolute atomic E-state index is 0.0715. The van der Waals surface area contributed by atoms with E-state index in [0.29, 0.717) is 18.5 Å². The van der Waals surface area contributed by atoms with Gasteiger partial charge >= 0.3 is 0 Å². The van der Waals surface area contributed by atoms with Gasteiger partial charge in [-0.2, -0.15) is 0 Å². The quantitative estimate of drug-likeness (QED) is 0.557. The summed E-state index contributed by atoms with van der Waals surface area (Å²) in [5.74, 6) is -0.205. The Kier molecular flexibility index (Phi) is 6.94. The fourth-order valence-electron chi connectivity index (χ4n) is 4.24. The van der Waals surface area contributed by atoms with Gasteiger partial charge in [-0.15, -0.1) is 0 Å². The summed E-state index contributed by atoms with van der Waals surface area (Å²) in [6.45, 7) is 0. The van der Waals surface area contributed by atoms with Gasteiger partial charge in [0.15, 0.2) is 5.50 Å². The van der Waals surface area contributed by atoms with Crippen molar-refractivity contribution < 1.29 is 14.3 Å². The molecule has 1 amide bonds. The number of carbonyl (C=O) groups is 1. The maximum Gasteiger partial charge on any atom is 0.244 e. The predicted octanol–water partition coefficient (Wildman–Crippen LogP) is 5.12. The van der Waals surface area contributed by atoms with Crippen LogP contribution in [0, 0.1) is 0 Å². The number of carbonyl (C=O) groups excluding carboxylic acids is 1. The van der Waals surface area contributed by atoms with Gasteiger partial charge in [0.2, 0.25) is 5.91 Å². The summed E-state index contributed by atoms with van der Waals surface area (Å²) in [6.07, 6.45) is 9.35. The van der Waals surface area contributed by atoms with Gasteiger partial charge in [0.25, 0.3) is 0 Å². The second kappa shape index (κ2) is 9.67. The van der Waals surface area contributed by atoms with Crippen molar-refractivity contribution in [1.29, 1.82) is 0 Å². The fourth-order valence-corrected chi connectivity index (χ4v) is 5.50. The lowest BCUT2D eigenvalue weighted by atomic mass is 9.74. The Hall–Kier alpha value is -1.96. The second-order valence-corrected chi connectivity index (χ2v) is 9.79. The summed E-state index contributed by atoms with van der Waals surface area (Å²) in [7, 11) is 0. The second-order valence-electron chi connectivity index (χ2n) is 7.91. The number of alkyl halides is 1. The molecule has 31 heavy (non-hydrogen) atoms. The zero-order valence-corrected chi connectivity index (χ0v) is 19.3. The van der Waals surface area contributed by atoms with Gasteiger partial charge in [-0.05, 0) is 66.5 Å². The molecule has 1 saturated carbocycles. The third-order valence-electron chi connectivity index (χ3n) is 5.93. The van der Waals surface area contributed by atoms with E-state index < -0.39 is 10.9 Å². The van der Waals surface area contributed by atoms with Gasteiger partial charge in [-0.3, -0.25) is 9.78 Å². The lowest BCUT2D eigenvalue weighted by molar-refractivity contribution is -0.117. The van der Waals surface area contributed by atoms with Crippen molar-refractivity contribution in [1.82, 2.24) is 10.3 Å². The Bertz CT molecular complexity index is 989. The molecule has 4 nitrogen and oxygen atoms in total. The monoisotopic (exact) mass is 502 g/mol. The van der Waals surface area contributed by atoms with E-state index in [2.05, 4.69) is 26.2 Å². The minimum atomic E-state index is -1.20. The van der Waals surface area contributed by atoms with Crippen molar-refractivity contribution in [2.24, 2.45) is 0 Å². The van der Waals surface area contributed by atoms with Crippen LogP contribution in [0.4, 0.5) is 4.39 Å². The number of benzene rings is 1. The number of hydrogen-bond acceptors (Lipinski definition) is 4. The molecule has 0 bridgehead atoms. The molecule has 4 rings (SSSR count). The van der Waals surface area contributed by atoms with Crippen molar-refractivity contribution in [3.8, 4) is 0 Å². The van der Waals surface area contributed by atoms with Crippen molar-refractivity contribution in [2.45, 2.75) is 48.7 Å². The third-order valence-corrected chi connectivity index (χ3v) is 7.36. The number of allylic oxidation sites excluding steroid dienone is 1. The number of hydrogen-bond donors (Lipinski definition) is 2. The highest BCUT2D eigenvalue weighted by molar-refractivity contribution is 9.10. The molecule has 1 fully saturated rings. The first-order valence-corrected chi connectivity index (χ1v) is 12.1. The van der Waals surface area contributed by atoms with E-state index >= 15 is 4.39 Å². The summed E-state index contributed by atoms with van der Waals surface area (Å²) < 4.78 is 16.3. The Morgan fingerprint density at radius 2 is 1.97 bits per heavy atom. The van der Waals surface area contributed by atoms with Gasteiger partial charge in [0.1, 0.15) is 0 Å². The van der Waals surface area contributed by atoms with Crippen LogP contribution in [0.1, 0.15) is 42.5 Å². The summed E-state index contributed by atoms with van der Waals surface area (Å²) >= 11 is 4.59. The molecule has 2 aromatic rings. The number of thioether (sulfide) groups is 1. The zero-order chi connectivity index (χ0) is 21.8. The molecule has 1 aromatic carbocycles. The maximum atomic E-state index is 15.4. The van der Waals surface area contributed by atoms with E-state index in [1.165, 1.54) is 6.08 Å². The summed E-state index contributed by atoms with van der Waals surface area (Å²) in [4.78, 5) is 16.9. The van der Waals surface area contributed by atoms with Gasteiger partial charge in [0.05, 0.1) is 17.2 Å². The van der Waals surface area contributed by atoms with Crippen LogP contribution in [0.3, 0.4) is 0 Å². The van der Waals surface area contributed by atoms with Gasteiger partial charge in [-0.25, -0.2) is 4.39 Å². The number of nitrogens with zero attached hydrogens (tertiary/aromatic N) is 1. The number of amides is 1. The summed E-state index contributed by atoms with van der Waals surface area (Å²) in [6, 6.07) is 11.4. The molecule has 162 valence electrons. The van der Waals surface area contributed by atoms with Crippen LogP contribution < -0.4 is 5.32 Å². The van der Waals surface area contributed by atoms with E-state index in [-0.39, 0.29) is 18.1 Å². The number of aliphatic hydroxyl groups excluding tert-OH is 1. The average Bonchev–Trinajstić information content (AvgIpc) is 3.16. The van der Waals surface area contributed by atoms with Crippen molar-refractivity contribution in [3.05, 3.63) is 81.4 Å². The number of nitrogens with one attached hydrogen (secondary N) is 1. The molecule has 0 saturated heterocycles. The van der Waals surface area contributed by atoms with Gasteiger partial charge < -0.3 is 10.4 Å². The molecule has 1 aliphatic carbocycles. The largest absolute Gasteiger partial charge is 0.393 e. The number of aliphatic hydroxyl groups is 1. The number of aromatic nitrogens is 1. The normalized spacial score (nSPS) is 28.2. The molecular weight excluding hydrogens is 479 g/mol. The Morgan fingerprint density at radius 3 is 2.65 bits per heavy atom. The Balaban J connectivity index is 1.61. The lowest BCUT2D eigenvalue weighted by Gasteiger charge is -2.32. The number of halogens is 2. The molecule has 2 N–H and O–H groups in total. The Labute approximate surface area is 194 Å². The molecule has 2 aliphatic rings. The topological polar surface area (TPSA) is 62.2 Å². The van der Waals surface area contributed by atoms with Gasteiger partial charge in [-0.1, -0.05) is 52.0 Å². The maximum absolute atomic E-state index is 15.4. The SMILES string of the molecule is O=C(C=Cc1ncccc1C1(c2ccc(Br)cc2)C=CSC1F)NC1CCC(O)CC1. The van der Waals surface area contributed by atoms with Crippen LogP contribution in [0.25, 0.3) is 6.08 Å². The highest BCUT2D eigenvalue weighted by atomic mass is 79.9. The molecule has 2 atom stereocenters. The van der Waals surface area contributed by atoms with E-state index in [1.54, 1.807) is 23.7 Å². The molecule has 2 heterocycles. The van der Waals surface area contributed by atoms with Crippen LogP contribution in [-0.4, -0.2) is 33.6 Å². The molecule has 0 radical (unpaired) electrons. The standard InChI is InChI=1S/C24H24BrFN2O2S/c25-17-5-3-16(4-6-17)24(13-15-31-23(24)26)20-2-1-14-27-21(20)11-12-22(30)28-18-7-9-19(29)10-8-18/h1-6,11-15,18-19,23,29H,7-10H2,(H,28,30). The summed E-state index contributed by atoms with van der Waals surface area (Å²) in [5, 5.41) is 14.4. The molecular formula is C24H24BrFN2O2S. The average molecular weight is 503 g/mol. The first kappa shape index (κ1) is 22.2. The van der Waals surface area contributed by atoms with Crippen LogP contribution >= 0.6 is 27.7 Å². The van der Waals surface area contributed by atoms with Crippen LogP contribution in [0.5, 0.6) is 0 Å². The predicted molar refractivity (Wildman–Crippen MR) is 126 cm³/mol. The fraction of sp³-hybridized carbons (Fsp3) is 0.333. The molecule has 1 aromatic heterocycles. The molecule has 7 heteroatoms. The van der Waals surface area contributed by atoms with Crippen molar-refractivity contribution in [2.75, 3.05) is 0 Å². The highest BCUT2D eigenvalue weighted by Crippen LogP contribution is 2.49. The molecule has 1 aliphatic heterocycles. The first-order chi connectivity index (χ1) is 15.0. The van der Waals surface area contributed by atoms with E-state index in [1.807, 2.05) is 36.4 Å². The smallest absolute Gasteiger partial charge is 0.244 e. The van der Waals surface area contributed by atoms with Gasteiger partial charge in [0, 0.05) is 22.8 Å². The lowest BCUT2D eigenvalue weighted by Crippen LogP contribution is -2.37. The van der Waals surface area contributed by atoms with E-state index in [4.69, 9.17) is 0 Å². The number of rotatable bonds is 5. The third kappa shape index (κ3) is 4.78. The summed E-state index contributed by atoms with van der Waals surface area (Å²) in [5.41, 5.74) is -0.0647. The first-order valence-electron chi connectivity index (χ1n) is 10.3. The van der Waals surface area contributed by atoms with Crippen LogP contribution in [0.2, 0.25) is 0 Å². The number of pyridine rings is 1. The van der Waals surface area contributed by atoms with Crippen molar-refractivity contribution in [3.63, 3.8) is 0 Å². The highest BCUT2D eigenvalue weighted by Gasteiger charge is 2.45. The minimum Gasteiger partial charge on any atom is -0.393 e.